The zero-order valence-electron chi connectivity index (χ0n) is 11.8. The quantitative estimate of drug-likeness (QED) is 0.849. The van der Waals surface area contributed by atoms with Crippen molar-refractivity contribution in [2.45, 2.75) is 13.8 Å². The van der Waals surface area contributed by atoms with Crippen LogP contribution in [0, 0.1) is 6.92 Å². The molecule has 0 unspecified atom stereocenters. The third-order valence-electron chi connectivity index (χ3n) is 2.92. The van der Waals surface area contributed by atoms with Crippen LogP contribution in [-0.4, -0.2) is 36.4 Å². The number of carbonyl (C=O) groups excluding carboxylic acids is 1. The fraction of sp³-hybridized carbons (Fsp3) is 0.357. The first kappa shape index (κ1) is 14.6. The standard InChI is InChI=1S/C14H17N3O2S/c1-10-6-4-5-7-12(10)13-15-16-14(20-13)17(11(2)18)8-9-19-3/h4-7H,8-9H2,1-3H3. The summed E-state index contributed by atoms with van der Waals surface area (Å²) in [5.74, 6) is -0.0606. The van der Waals surface area contributed by atoms with E-state index < -0.39 is 0 Å². The Morgan fingerprint density at radius 2 is 2.10 bits per heavy atom. The summed E-state index contributed by atoms with van der Waals surface area (Å²) >= 11 is 1.41. The number of anilines is 1. The molecule has 0 saturated heterocycles. The van der Waals surface area contributed by atoms with E-state index in [1.165, 1.54) is 18.3 Å². The Labute approximate surface area is 122 Å². The number of nitrogens with zero attached hydrogens (tertiary/aromatic N) is 3. The summed E-state index contributed by atoms with van der Waals surface area (Å²) in [4.78, 5) is 13.3. The average Bonchev–Trinajstić information content (AvgIpc) is 2.88. The van der Waals surface area contributed by atoms with E-state index in [1.807, 2.05) is 31.2 Å². The Kier molecular flexibility index (Phi) is 4.81. The number of aromatic nitrogens is 2. The average molecular weight is 291 g/mol. The molecule has 0 fully saturated rings. The van der Waals surface area contributed by atoms with Crippen LogP contribution in [-0.2, 0) is 9.53 Å². The van der Waals surface area contributed by atoms with Crippen molar-refractivity contribution in [3.63, 3.8) is 0 Å². The van der Waals surface area contributed by atoms with Crippen LogP contribution in [0.25, 0.3) is 10.6 Å². The summed E-state index contributed by atoms with van der Waals surface area (Å²) < 4.78 is 5.02. The van der Waals surface area contributed by atoms with Gasteiger partial charge >= 0.3 is 0 Å². The van der Waals surface area contributed by atoms with Crippen molar-refractivity contribution >= 4 is 22.4 Å². The molecule has 20 heavy (non-hydrogen) atoms. The van der Waals surface area contributed by atoms with Crippen molar-refractivity contribution in [3.05, 3.63) is 29.8 Å². The highest BCUT2D eigenvalue weighted by Gasteiger charge is 2.17. The molecule has 0 bridgehead atoms. The second-order valence-electron chi connectivity index (χ2n) is 4.37. The number of rotatable bonds is 5. The predicted molar refractivity (Wildman–Crippen MR) is 80.0 cm³/mol. The fourth-order valence-electron chi connectivity index (χ4n) is 1.82. The summed E-state index contributed by atoms with van der Waals surface area (Å²) in [5.41, 5.74) is 2.19. The molecule has 1 aromatic carbocycles. The van der Waals surface area contributed by atoms with Gasteiger partial charge in [-0.25, -0.2) is 0 Å². The molecule has 0 aliphatic heterocycles. The second-order valence-corrected chi connectivity index (χ2v) is 5.32. The highest BCUT2D eigenvalue weighted by atomic mass is 32.1. The molecule has 1 heterocycles. The number of ether oxygens (including phenoxy) is 1. The van der Waals surface area contributed by atoms with Crippen LogP contribution in [0.1, 0.15) is 12.5 Å². The van der Waals surface area contributed by atoms with Crippen molar-refractivity contribution in [1.29, 1.82) is 0 Å². The minimum Gasteiger partial charge on any atom is -0.383 e. The molecule has 0 aliphatic rings. The van der Waals surface area contributed by atoms with Crippen LogP contribution < -0.4 is 4.90 Å². The molecule has 5 nitrogen and oxygen atoms in total. The Bertz CT molecular complexity index is 598. The van der Waals surface area contributed by atoms with Crippen LogP contribution in [0.4, 0.5) is 5.13 Å². The topological polar surface area (TPSA) is 55.3 Å². The zero-order chi connectivity index (χ0) is 14.5. The molecule has 0 aliphatic carbocycles. The van der Waals surface area contributed by atoms with Crippen LogP contribution >= 0.6 is 11.3 Å². The Balaban J connectivity index is 2.27. The maximum absolute atomic E-state index is 11.7. The molecular weight excluding hydrogens is 274 g/mol. The number of methoxy groups -OCH3 is 1. The Hall–Kier alpha value is -1.79. The van der Waals surface area contributed by atoms with Crippen molar-refractivity contribution in [2.24, 2.45) is 0 Å². The lowest BCUT2D eigenvalue weighted by molar-refractivity contribution is -0.116. The van der Waals surface area contributed by atoms with Gasteiger partial charge in [-0.05, 0) is 12.5 Å². The van der Waals surface area contributed by atoms with Gasteiger partial charge in [-0.15, -0.1) is 10.2 Å². The van der Waals surface area contributed by atoms with Gasteiger partial charge < -0.3 is 4.74 Å². The minimum absolute atomic E-state index is 0.0606. The lowest BCUT2D eigenvalue weighted by Crippen LogP contribution is -2.31. The van der Waals surface area contributed by atoms with Gasteiger partial charge in [0, 0.05) is 19.6 Å². The van der Waals surface area contributed by atoms with E-state index in [0.29, 0.717) is 18.3 Å². The molecule has 1 aromatic heterocycles. The van der Waals surface area contributed by atoms with E-state index in [9.17, 15) is 4.79 Å². The van der Waals surface area contributed by atoms with E-state index in [-0.39, 0.29) is 5.91 Å². The monoisotopic (exact) mass is 291 g/mol. The van der Waals surface area contributed by atoms with Crippen LogP contribution in [0.5, 0.6) is 0 Å². The molecule has 0 radical (unpaired) electrons. The van der Waals surface area contributed by atoms with Crippen molar-refractivity contribution in [2.75, 3.05) is 25.2 Å². The predicted octanol–water partition coefficient (Wildman–Crippen LogP) is 2.51. The van der Waals surface area contributed by atoms with Crippen molar-refractivity contribution in [3.8, 4) is 10.6 Å². The van der Waals surface area contributed by atoms with Crippen LogP contribution in [0.2, 0.25) is 0 Å². The third-order valence-corrected chi connectivity index (χ3v) is 3.90. The number of hydrogen-bond donors (Lipinski definition) is 0. The summed E-state index contributed by atoms with van der Waals surface area (Å²) in [7, 11) is 1.61. The first-order chi connectivity index (χ1) is 9.63. The summed E-state index contributed by atoms with van der Waals surface area (Å²) in [5, 5.41) is 9.74. The van der Waals surface area contributed by atoms with Gasteiger partial charge in [0.15, 0.2) is 0 Å². The van der Waals surface area contributed by atoms with Gasteiger partial charge in [-0.2, -0.15) is 0 Å². The zero-order valence-corrected chi connectivity index (χ0v) is 12.6. The van der Waals surface area contributed by atoms with Gasteiger partial charge in [0.05, 0.1) is 13.2 Å². The summed E-state index contributed by atoms with van der Waals surface area (Å²) in [6, 6.07) is 8.00. The molecule has 106 valence electrons. The van der Waals surface area contributed by atoms with Crippen LogP contribution in [0.15, 0.2) is 24.3 Å². The number of benzene rings is 1. The SMILES string of the molecule is COCCN(C(C)=O)c1nnc(-c2ccccc2C)s1. The number of amides is 1. The first-order valence-corrected chi connectivity index (χ1v) is 7.11. The minimum atomic E-state index is -0.0606. The normalized spacial score (nSPS) is 10.6. The van der Waals surface area contributed by atoms with E-state index in [0.717, 1.165) is 16.1 Å². The smallest absolute Gasteiger partial charge is 0.225 e. The van der Waals surface area contributed by atoms with Gasteiger partial charge in [0.2, 0.25) is 11.0 Å². The molecule has 1 amide bonds. The highest BCUT2D eigenvalue weighted by Crippen LogP contribution is 2.30. The lowest BCUT2D eigenvalue weighted by atomic mass is 10.1. The van der Waals surface area contributed by atoms with Gasteiger partial charge in [-0.1, -0.05) is 35.6 Å². The molecule has 0 atom stereocenters. The molecule has 0 N–H and O–H groups in total. The number of hydrogen-bond acceptors (Lipinski definition) is 5. The van der Waals surface area contributed by atoms with Gasteiger partial charge in [0.1, 0.15) is 5.01 Å². The van der Waals surface area contributed by atoms with Gasteiger partial charge in [-0.3, -0.25) is 9.69 Å². The Morgan fingerprint density at radius 1 is 1.35 bits per heavy atom. The van der Waals surface area contributed by atoms with Crippen molar-refractivity contribution < 1.29 is 9.53 Å². The first-order valence-electron chi connectivity index (χ1n) is 6.30. The summed E-state index contributed by atoms with van der Waals surface area (Å²) in [6.45, 7) is 4.50. The summed E-state index contributed by atoms with van der Waals surface area (Å²) in [6.07, 6.45) is 0. The van der Waals surface area contributed by atoms with E-state index in [1.54, 1.807) is 12.0 Å². The highest BCUT2D eigenvalue weighted by molar-refractivity contribution is 7.18. The van der Waals surface area contributed by atoms with Gasteiger partial charge in [0.25, 0.3) is 0 Å². The molecule has 6 heteroatoms. The molecular formula is C14H17N3O2S. The maximum atomic E-state index is 11.7. The molecule has 2 aromatic rings. The second kappa shape index (κ2) is 6.58. The fourth-order valence-corrected chi connectivity index (χ4v) is 2.82. The molecule has 2 rings (SSSR count). The van der Waals surface area contributed by atoms with E-state index >= 15 is 0 Å². The van der Waals surface area contributed by atoms with Crippen molar-refractivity contribution in [1.82, 2.24) is 10.2 Å². The van der Waals surface area contributed by atoms with Crippen LogP contribution in [0.3, 0.4) is 0 Å². The third kappa shape index (κ3) is 3.20. The lowest BCUT2D eigenvalue weighted by Gasteiger charge is -2.16. The number of carbonyl (C=O) groups is 1. The molecule has 0 saturated carbocycles. The largest absolute Gasteiger partial charge is 0.383 e. The van der Waals surface area contributed by atoms with E-state index in [4.69, 9.17) is 4.74 Å². The number of aryl methyl sites for hydroxylation is 1. The molecule has 0 spiro atoms. The maximum Gasteiger partial charge on any atom is 0.225 e. The van der Waals surface area contributed by atoms with E-state index in [2.05, 4.69) is 10.2 Å². The Morgan fingerprint density at radius 3 is 2.75 bits per heavy atom.